The average molecular weight is 297 g/mol. The van der Waals surface area contributed by atoms with Gasteiger partial charge in [-0.1, -0.05) is 11.1 Å². The number of carbonyl (C=O) groups is 2. The van der Waals surface area contributed by atoms with Crippen LogP contribution in [0.2, 0.25) is 0 Å². The Labute approximate surface area is 126 Å². The predicted molar refractivity (Wildman–Crippen MR) is 81.1 cm³/mol. The maximum Gasteiger partial charge on any atom is 0.408 e. The molecule has 1 unspecified atom stereocenters. The molecule has 0 aliphatic heterocycles. The fourth-order valence-corrected chi connectivity index (χ4v) is 2.64. The summed E-state index contributed by atoms with van der Waals surface area (Å²) in [6, 6.07) is -0.876. The van der Waals surface area contributed by atoms with Crippen molar-refractivity contribution < 1.29 is 19.4 Å². The molecule has 0 aromatic rings. The van der Waals surface area contributed by atoms with Crippen LogP contribution in [0, 0.1) is 5.92 Å². The van der Waals surface area contributed by atoms with Crippen LogP contribution in [0.5, 0.6) is 0 Å². The van der Waals surface area contributed by atoms with Gasteiger partial charge in [0.25, 0.3) is 0 Å². The number of carbonyl (C=O) groups excluding carboxylic acids is 1. The molecule has 1 amide bonds. The summed E-state index contributed by atoms with van der Waals surface area (Å²) in [5.41, 5.74) is 2.10. The second-order valence-electron chi connectivity index (χ2n) is 6.90. The molecule has 0 spiro atoms. The van der Waals surface area contributed by atoms with E-state index in [1.165, 1.54) is 11.1 Å². The number of hydrogen-bond acceptors (Lipinski definition) is 3. The van der Waals surface area contributed by atoms with Gasteiger partial charge in [-0.2, -0.15) is 0 Å². The lowest BCUT2D eigenvalue weighted by Gasteiger charge is -2.30. The van der Waals surface area contributed by atoms with Gasteiger partial charge in [0, 0.05) is 0 Å². The van der Waals surface area contributed by atoms with Crippen LogP contribution in [0.1, 0.15) is 60.3 Å². The standard InChI is InChI=1S/C16H27NO4/c1-10(2)11-6-8-12(9-7-11)13(14(18)19)17-15(20)21-16(3,4)5/h12-13H,6-9H2,1-5H3,(H,17,20)(H,18,19). The molecule has 0 saturated heterocycles. The molecule has 0 aromatic carbocycles. The molecule has 5 nitrogen and oxygen atoms in total. The number of hydrogen-bond donors (Lipinski definition) is 2. The molecule has 1 rings (SSSR count). The number of aliphatic carboxylic acids is 1. The molecule has 120 valence electrons. The lowest BCUT2D eigenvalue weighted by atomic mass is 9.80. The lowest BCUT2D eigenvalue weighted by molar-refractivity contribution is -0.141. The van der Waals surface area contributed by atoms with E-state index >= 15 is 0 Å². The molecule has 5 heteroatoms. The van der Waals surface area contributed by atoms with Gasteiger partial charge < -0.3 is 15.2 Å². The average Bonchev–Trinajstić information content (AvgIpc) is 2.33. The zero-order valence-electron chi connectivity index (χ0n) is 13.7. The molecule has 0 heterocycles. The van der Waals surface area contributed by atoms with E-state index < -0.39 is 23.7 Å². The number of ether oxygens (including phenoxy) is 1. The third kappa shape index (κ3) is 5.78. The Morgan fingerprint density at radius 2 is 1.76 bits per heavy atom. The van der Waals surface area contributed by atoms with Gasteiger partial charge in [0.1, 0.15) is 11.6 Å². The zero-order valence-corrected chi connectivity index (χ0v) is 13.7. The van der Waals surface area contributed by atoms with Crippen LogP contribution in [0.15, 0.2) is 11.1 Å². The van der Waals surface area contributed by atoms with Crippen molar-refractivity contribution in [2.75, 3.05) is 0 Å². The van der Waals surface area contributed by atoms with Crippen molar-refractivity contribution in [2.45, 2.75) is 71.9 Å². The van der Waals surface area contributed by atoms with E-state index in [4.69, 9.17) is 4.74 Å². The summed E-state index contributed by atoms with van der Waals surface area (Å²) in [6.45, 7) is 9.44. The SMILES string of the molecule is CC(C)=C1CCC(C(NC(=O)OC(C)(C)C)C(=O)O)CC1. The molecule has 2 N–H and O–H groups in total. The minimum atomic E-state index is -0.994. The highest BCUT2D eigenvalue weighted by molar-refractivity contribution is 5.80. The minimum Gasteiger partial charge on any atom is -0.480 e. The second-order valence-corrected chi connectivity index (χ2v) is 6.90. The summed E-state index contributed by atoms with van der Waals surface area (Å²) >= 11 is 0. The Bertz CT molecular complexity index is 420. The number of carboxylic acids is 1. The van der Waals surface area contributed by atoms with Crippen molar-refractivity contribution in [1.82, 2.24) is 5.32 Å². The van der Waals surface area contributed by atoms with Crippen LogP contribution in [0.4, 0.5) is 4.79 Å². The number of alkyl carbamates (subject to hydrolysis) is 1. The molecule has 1 aliphatic carbocycles. The highest BCUT2D eigenvalue weighted by Crippen LogP contribution is 2.32. The number of allylic oxidation sites excluding steroid dienone is 2. The van der Waals surface area contributed by atoms with Crippen molar-refractivity contribution in [1.29, 1.82) is 0 Å². The molecule has 0 bridgehead atoms. The van der Waals surface area contributed by atoms with E-state index in [-0.39, 0.29) is 5.92 Å². The first kappa shape index (κ1) is 17.5. The Balaban J connectivity index is 2.65. The normalized spacial score (nSPS) is 20.6. The maximum absolute atomic E-state index is 11.8. The molecule has 21 heavy (non-hydrogen) atoms. The topological polar surface area (TPSA) is 75.6 Å². The number of amides is 1. The van der Waals surface area contributed by atoms with E-state index in [0.717, 1.165) is 25.7 Å². The summed E-state index contributed by atoms with van der Waals surface area (Å²) in [5.74, 6) is -1.04. The van der Waals surface area contributed by atoms with Crippen LogP contribution in [-0.2, 0) is 9.53 Å². The van der Waals surface area contributed by atoms with E-state index in [2.05, 4.69) is 19.2 Å². The van der Waals surface area contributed by atoms with Gasteiger partial charge in [-0.3, -0.25) is 0 Å². The Hall–Kier alpha value is -1.52. The zero-order chi connectivity index (χ0) is 16.2. The van der Waals surface area contributed by atoms with Gasteiger partial charge in [-0.15, -0.1) is 0 Å². The monoisotopic (exact) mass is 297 g/mol. The van der Waals surface area contributed by atoms with E-state index in [1.807, 2.05) is 0 Å². The van der Waals surface area contributed by atoms with Crippen molar-refractivity contribution in [3.05, 3.63) is 11.1 Å². The molecule has 1 fully saturated rings. The summed E-state index contributed by atoms with van der Waals surface area (Å²) in [5, 5.41) is 11.9. The van der Waals surface area contributed by atoms with Crippen molar-refractivity contribution >= 4 is 12.1 Å². The first-order valence-corrected chi connectivity index (χ1v) is 7.47. The van der Waals surface area contributed by atoms with Gasteiger partial charge in [0.05, 0.1) is 0 Å². The molecule has 0 aromatic heterocycles. The smallest absolute Gasteiger partial charge is 0.408 e. The van der Waals surface area contributed by atoms with Crippen molar-refractivity contribution in [3.63, 3.8) is 0 Å². The van der Waals surface area contributed by atoms with Gasteiger partial charge in [0.2, 0.25) is 0 Å². The van der Waals surface area contributed by atoms with Crippen LogP contribution in [-0.4, -0.2) is 28.8 Å². The number of rotatable bonds is 3. The van der Waals surface area contributed by atoms with Crippen LogP contribution >= 0.6 is 0 Å². The van der Waals surface area contributed by atoms with E-state index in [9.17, 15) is 14.7 Å². The quantitative estimate of drug-likeness (QED) is 0.782. The minimum absolute atomic E-state index is 0.0434. The van der Waals surface area contributed by atoms with E-state index in [0.29, 0.717) is 0 Å². The molecule has 1 saturated carbocycles. The fraction of sp³-hybridized carbons (Fsp3) is 0.750. The first-order valence-electron chi connectivity index (χ1n) is 7.47. The van der Waals surface area contributed by atoms with Gasteiger partial charge >= 0.3 is 12.1 Å². The molecule has 1 atom stereocenters. The maximum atomic E-state index is 11.8. The predicted octanol–water partition coefficient (Wildman–Crippen LogP) is 3.49. The number of carboxylic acid groups (broad SMARTS) is 1. The third-order valence-electron chi connectivity index (χ3n) is 3.75. The highest BCUT2D eigenvalue weighted by Gasteiger charge is 2.33. The van der Waals surface area contributed by atoms with Gasteiger partial charge in [0.15, 0.2) is 0 Å². The van der Waals surface area contributed by atoms with Crippen LogP contribution in [0.3, 0.4) is 0 Å². The molecule has 0 radical (unpaired) electrons. The summed E-state index contributed by atoms with van der Waals surface area (Å²) in [4.78, 5) is 23.2. The number of nitrogens with one attached hydrogen (secondary N) is 1. The first-order chi connectivity index (χ1) is 9.60. The lowest BCUT2D eigenvalue weighted by Crippen LogP contribution is -2.48. The second kappa shape index (κ2) is 6.96. The van der Waals surface area contributed by atoms with Crippen molar-refractivity contribution in [3.8, 4) is 0 Å². The molecule has 1 aliphatic rings. The van der Waals surface area contributed by atoms with Crippen LogP contribution < -0.4 is 5.32 Å². The summed E-state index contributed by atoms with van der Waals surface area (Å²) < 4.78 is 5.15. The van der Waals surface area contributed by atoms with Gasteiger partial charge in [-0.05, 0) is 66.2 Å². The Morgan fingerprint density at radius 1 is 1.24 bits per heavy atom. The third-order valence-corrected chi connectivity index (χ3v) is 3.75. The molecular weight excluding hydrogens is 270 g/mol. The summed E-state index contributed by atoms with van der Waals surface area (Å²) in [7, 11) is 0. The highest BCUT2D eigenvalue weighted by atomic mass is 16.6. The van der Waals surface area contributed by atoms with E-state index in [1.54, 1.807) is 20.8 Å². The molecular formula is C16H27NO4. The summed E-state index contributed by atoms with van der Waals surface area (Å²) in [6.07, 6.45) is 2.73. The Morgan fingerprint density at radius 3 is 2.14 bits per heavy atom. The van der Waals surface area contributed by atoms with Gasteiger partial charge in [-0.25, -0.2) is 9.59 Å². The largest absolute Gasteiger partial charge is 0.480 e. The Kier molecular flexibility index (Phi) is 5.81. The van der Waals surface area contributed by atoms with Crippen LogP contribution in [0.25, 0.3) is 0 Å². The fourth-order valence-electron chi connectivity index (χ4n) is 2.64. The van der Waals surface area contributed by atoms with Crippen molar-refractivity contribution in [2.24, 2.45) is 5.92 Å².